The number of hydrogen-bond donors (Lipinski definition) is 3. The summed E-state index contributed by atoms with van der Waals surface area (Å²) in [4.78, 5) is 23.1. The van der Waals surface area contributed by atoms with Crippen LogP contribution in [0.15, 0.2) is 0 Å². The first-order chi connectivity index (χ1) is 9.56. The predicted molar refractivity (Wildman–Crippen MR) is 80.0 cm³/mol. The summed E-state index contributed by atoms with van der Waals surface area (Å²) in [6.07, 6.45) is 8.96. The van der Waals surface area contributed by atoms with Crippen molar-refractivity contribution in [1.82, 2.24) is 10.6 Å². The summed E-state index contributed by atoms with van der Waals surface area (Å²) < 4.78 is 0.204. The Hall–Kier alpha value is -0.910. The van der Waals surface area contributed by atoms with Crippen molar-refractivity contribution in [2.75, 3.05) is 12.8 Å². The molecule has 3 N–H and O–H groups in total. The lowest BCUT2D eigenvalue weighted by atomic mass is 9.84. The van der Waals surface area contributed by atoms with Crippen molar-refractivity contribution in [2.45, 2.75) is 55.7 Å². The Labute approximate surface area is 124 Å². The Balaban J connectivity index is 1.79. The van der Waals surface area contributed by atoms with Crippen LogP contribution in [0.5, 0.6) is 0 Å². The normalized spacial score (nSPS) is 28.2. The molecule has 0 spiro atoms. The van der Waals surface area contributed by atoms with Crippen LogP contribution in [0.3, 0.4) is 0 Å². The number of carbonyl (C=O) groups is 2. The van der Waals surface area contributed by atoms with E-state index in [4.69, 9.17) is 0 Å². The van der Waals surface area contributed by atoms with E-state index < -0.39 is 11.9 Å². The minimum Gasteiger partial charge on any atom is -0.481 e. The van der Waals surface area contributed by atoms with Crippen molar-refractivity contribution in [3.8, 4) is 0 Å². The summed E-state index contributed by atoms with van der Waals surface area (Å²) in [5.74, 6) is -1.23. The van der Waals surface area contributed by atoms with E-state index in [2.05, 4.69) is 16.9 Å². The van der Waals surface area contributed by atoms with Gasteiger partial charge in [0.25, 0.3) is 0 Å². The highest BCUT2D eigenvalue weighted by molar-refractivity contribution is 8.00. The maximum Gasteiger partial charge on any atom is 0.315 e. The van der Waals surface area contributed by atoms with Crippen LogP contribution >= 0.6 is 11.8 Å². The Morgan fingerprint density at radius 1 is 1.25 bits per heavy atom. The number of aliphatic carboxylic acids is 1. The quantitative estimate of drug-likeness (QED) is 0.727. The van der Waals surface area contributed by atoms with Crippen LogP contribution in [0.1, 0.15) is 44.9 Å². The third-order valence-corrected chi connectivity index (χ3v) is 6.09. The second kappa shape index (κ2) is 6.70. The molecule has 114 valence electrons. The minimum atomic E-state index is -0.797. The highest BCUT2D eigenvalue weighted by Crippen LogP contribution is 2.42. The molecule has 0 aromatic rings. The van der Waals surface area contributed by atoms with Gasteiger partial charge >= 0.3 is 12.0 Å². The molecular formula is C14H24N2O3S. The smallest absolute Gasteiger partial charge is 0.315 e. The SMILES string of the molecule is CSC1(CNC(=O)NC2CCCCC2C(=O)O)CCC1. The number of carboxylic acid groups (broad SMARTS) is 1. The molecule has 2 aliphatic rings. The molecule has 0 aliphatic heterocycles. The van der Waals surface area contributed by atoms with Gasteiger partial charge in [-0.3, -0.25) is 4.79 Å². The fraction of sp³-hybridized carbons (Fsp3) is 0.857. The average molecular weight is 300 g/mol. The number of hydrogen-bond acceptors (Lipinski definition) is 3. The van der Waals surface area contributed by atoms with E-state index >= 15 is 0 Å². The number of carboxylic acids is 1. The van der Waals surface area contributed by atoms with Gasteiger partial charge < -0.3 is 15.7 Å². The molecule has 0 saturated heterocycles. The third kappa shape index (κ3) is 3.59. The van der Waals surface area contributed by atoms with E-state index in [0.29, 0.717) is 13.0 Å². The van der Waals surface area contributed by atoms with Crippen LogP contribution < -0.4 is 10.6 Å². The van der Waals surface area contributed by atoms with E-state index in [0.717, 1.165) is 32.1 Å². The Kier molecular flexibility index (Phi) is 5.18. The zero-order valence-corrected chi connectivity index (χ0v) is 12.8. The van der Waals surface area contributed by atoms with Gasteiger partial charge in [-0.05, 0) is 31.9 Å². The molecule has 2 aliphatic carbocycles. The lowest BCUT2D eigenvalue weighted by Crippen LogP contribution is -2.52. The fourth-order valence-corrected chi connectivity index (χ4v) is 4.00. The summed E-state index contributed by atoms with van der Waals surface area (Å²) in [5.41, 5.74) is 0. The molecule has 2 amide bonds. The van der Waals surface area contributed by atoms with E-state index in [-0.39, 0.29) is 16.8 Å². The second-order valence-corrected chi connectivity index (χ2v) is 7.18. The largest absolute Gasteiger partial charge is 0.481 e. The lowest BCUT2D eigenvalue weighted by Gasteiger charge is -2.40. The van der Waals surface area contributed by atoms with Crippen molar-refractivity contribution < 1.29 is 14.7 Å². The van der Waals surface area contributed by atoms with Gasteiger partial charge in [-0.15, -0.1) is 0 Å². The Bertz CT molecular complexity index is 366. The molecule has 0 radical (unpaired) electrons. The highest BCUT2D eigenvalue weighted by Gasteiger charge is 2.37. The first-order valence-electron chi connectivity index (χ1n) is 7.39. The first-order valence-corrected chi connectivity index (χ1v) is 8.61. The van der Waals surface area contributed by atoms with Crippen molar-refractivity contribution >= 4 is 23.8 Å². The van der Waals surface area contributed by atoms with Gasteiger partial charge in [-0.2, -0.15) is 11.8 Å². The van der Waals surface area contributed by atoms with Crippen molar-refractivity contribution in [3.63, 3.8) is 0 Å². The number of thioether (sulfide) groups is 1. The van der Waals surface area contributed by atoms with Gasteiger partial charge in [-0.1, -0.05) is 19.3 Å². The molecule has 0 aromatic carbocycles. The molecular weight excluding hydrogens is 276 g/mol. The van der Waals surface area contributed by atoms with Crippen LogP contribution in [-0.2, 0) is 4.79 Å². The summed E-state index contributed by atoms with van der Waals surface area (Å²) in [6.45, 7) is 0.671. The number of amides is 2. The molecule has 0 aromatic heterocycles. The number of urea groups is 1. The van der Waals surface area contributed by atoms with Gasteiger partial charge in [0.2, 0.25) is 0 Å². The number of nitrogens with one attached hydrogen (secondary N) is 2. The van der Waals surface area contributed by atoms with Gasteiger partial charge in [0.15, 0.2) is 0 Å². The summed E-state index contributed by atoms with van der Waals surface area (Å²) in [5, 5.41) is 15.0. The number of carbonyl (C=O) groups excluding carboxylic acids is 1. The van der Waals surface area contributed by atoms with Crippen LogP contribution in [0, 0.1) is 5.92 Å². The molecule has 20 heavy (non-hydrogen) atoms. The minimum absolute atomic E-state index is 0.204. The molecule has 0 heterocycles. The standard InChI is InChI=1S/C14H24N2O3S/c1-20-14(7-4-8-14)9-15-13(19)16-11-6-3-2-5-10(11)12(17)18/h10-11H,2-9H2,1H3,(H,17,18)(H2,15,16,19). The molecule has 2 rings (SSSR count). The van der Waals surface area contributed by atoms with E-state index in [1.165, 1.54) is 6.42 Å². The van der Waals surface area contributed by atoms with E-state index in [1.54, 1.807) is 0 Å². The Morgan fingerprint density at radius 2 is 1.95 bits per heavy atom. The summed E-state index contributed by atoms with van der Waals surface area (Å²) in [6, 6.07) is -0.448. The van der Waals surface area contributed by atoms with Gasteiger partial charge in [0.1, 0.15) is 0 Å². The predicted octanol–water partition coefficient (Wildman–Crippen LogP) is 2.21. The third-order valence-electron chi connectivity index (χ3n) is 4.67. The zero-order valence-electron chi connectivity index (χ0n) is 12.0. The van der Waals surface area contributed by atoms with Crippen LogP contribution in [0.4, 0.5) is 4.79 Å². The van der Waals surface area contributed by atoms with Crippen LogP contribution in [0.25, 0.3) is 0 Å². The highest BCUT2D eigenvalue weighted by atomic mass is 32.2. The molecule has 0 bridgehead atoms. The zero-order chi connectivity index (χ0) is 14.6. The molecule has 2 saturated carbocycles. The van der Waals surface area contributed by atoms with Crippen LogP contribution in [-0.4, -0.2) is 40.7 Å². The van der Waals surface area contributed by atoms with Crippen molar-refractivity contribution in [2.24, 2.45) is 5.92 Å². The molecule has 6 heteroatoms. The fourth-order valence-electron chi connectivity index (χ4n) is 3.08. The maximum atomic E-state index is 12.0. The Morgan fingerprint density at radius 3 is 2.50 bits per heavy atom. The van der Waals surface area contributed by atoms with E-state index in [1.807, 2.05) is 11.8 Å². The summed E-state index contributed by atoms with van der Waals surface area (Å²) >= 11 is 1.82. The number of rotatable bonds is 5. The second-order valence-electron chi connectivity index (χ2n) is 5.90. The topological polar surface area (TPSA) is 78.4 Å². The van der Waals surface area contributed by atoms with Gasteiger partial charge in [0, 0.05) is 17.3 Å². The average Bonchev–Trinajstić information content (AvgIpc) is 2.38. The lowest BCUT2D eigenvalue weighted by molar-refractivity contribution is -0.143. The van der Waals surface area contributed by atoms with Gasteiger partial charge in [0.05, 0.1) is 5.92 Å². The van der Waals surface area contributed by atoms with Crippen molar-refractivity contribution in [1.29, 1.82) is 0 Å². The van der Waals surface area contributed by atoms with Gasteiger partial charge in [-0.25, -0.2) is 4.79 Å². The first kappa shape index (κ1) is 15.5. The maximum absolute atomic E-state index is 12.0. The molecule has 2 fully saturated rings. The summed E-state index contributed by atoms with van der Waals surface area (Å²) in [7, 11) is 0. The van der Waals surface area contributed by atoms with E-state index in [9.17, 15) is 14.7 Å². The molecule has 2 atom stereocenters. The molecule has 2 unspecified atom stereocenters. The van der Waals surface area contributed by atoms with Crippen molar-refractivity contribution in [3.05, 3.63) is 0 Å². The van der Waals surface area contributed by atoms with Crippen LogP contribution in [0.2, 0.25) is 0 Å². The monoisotopic (exact) mass is 300 g/mol. The molecule has 5 nitrogen and oxygen atoms in total.